The monoisotopic (exact) mass is 271 g/mol. The van der Waals surface area contributed by atoms with Crippen molar-refractivity contribution in [2.75, 3.05) is 0 Å². The maximum atomic E-state index is 10.3. The van der Waals surface area contributed by atoms with Crippen LogP contribution in [0.5, 0.6) is 11.5 Å². The Bertz CT molecular complexity index is 600. The van der Waals surface area contributed by atoms with Crippen LogP contribution in [-0.2, 0) is 0 Å². The van der Waals surface area contributed by atoms with Crippen molar-refractivity contribution >= 4 is 0 Å². The summed E-state index contributed by atoms with van der Waals surface area (Å²) in [5.41, 5.74) is 7.69. The van der Waals surface area contributed by atoms with Crippen LogP contribution in [0.15, 0.2) is 48.5 Å². The van der Waals surface area contributed by atoms with Crippen LogP contribution >= 0.6 is 0 Å². The van der Waals surface area contributed by atoms with Gasteiger partial charge in [-0.15, -0.1) is 0 Å². The van der Waals surface area contributed by atoms with E-state index in [-0.39, 0.29) is 11.9 Å². The lowest BCUT2D eigenvalue weighted by Gasteiger charge is -2.19. The molecule has 0 radical (unpaired) electrons. The minimum absolute atomic E-state index is 0.109. The molecule has 0 saturated heterocycles. The first-order valence-electron chi connectivity index (χ1n) is 6.63. The van der Waals surface area contributed by atoms with Gasteiger partial charge in [0.1, 0.15) is 17.6 Å². The second-order valence-corrected chi connectivity index (χ2v) is 5.08. The Morgan fingerprint density at radius 1 is 1.10 bits per heavy atom. The van der Waals surface area contributed by atoms with Crippen LogP contribution in [0.25, 0.3) is 0 Å². The molecular formula is C16H17NO3. The zero-order chi connectivity index (χ0) is 14.1. The van der Waals surface area contributed by atoms with E-state index in [1.165, 1.54) is 12.1 Å². The van der Waals surface area contributed by atoms with Gasteiger partial charge in [-0.25, -0.2) is 0 Å². The Balaban J connectivity index is 2.01. The predicted molar refractivity (Wildman–Crippen MR) is 75.5 cm³/mol. The fraction of sp³-hybridized carbons (Fsp3) is 0.250. The first-order chi connectivity index (χ1) is 9.65. The van der Waals surface area contributed by atoms with Crippen molar-refractivity contribution in [3.05, 3.63) is 59.7 Å². The van der Waals surface area contributed by atoms with E-state index < -0.39 is 12.1 Å². The van der Waals surface area contributed by atoms with Crippen LogP contribution in [0.1, 0.15) is 29.8 Å². The Morgan fingerprint density at radius 2 is 1.85 bits per heavy atom. The van der Waals surface area contributed by atoms with Gasteiger partial charge in [-0.1, -0.05) is 30.3 Å². The molecule has 0 bridgehead atoms. The molecule has 3 atom stereocenters. The molecule has 104 valence electrons. The first-order valence-corrected chi connectivity index (χ1v) is 6.63. The van der Waals surface area contributed by atoms with Gasteiger partial charge < -0.3 is 20.7 Å². The third-order valence-corrected chi connectivity index (χ3v) is 3.65. The summed E-state index contributed by atoms with van der Waals surface area (Å²) in [6.45, 7) is 0. The molecule has 1 heterocycles. The van der Waals surface area contributed by atoms with Crippen molar-refractivity contribution in [3.63, 3.8) is 0 Å². The van der Waals surface area contributed by atoms with Gasteiger partial charge in [0.25, 0.3) is 0 Å². The normalized spacial score (nSPS) is 25.4. The lowest BCUT2D eigenvalue weighted by atomic mass is 9.97. The van der Waals surface area contributed by atoms with Crippen LogP contribution in [0.2, 0.25) is 0 Å². The second kappa shape index (κ2) is 5.15. The zero-order valence-electron chi connectivity index (χ0n) is 10.9. The summed E-state index contributed by atoms with van der Waals surface area (Å²) in [5.74, 6) is 0.595. The Labute approximate surface area is 117 Å². The molecule has 4 N–H and O–H groups in total. The third kappa shape index (κ3) is 2.35. The molecule has 1 aliphatic rings. The number of aromatic hydroxyl groups is 1. The fourth-order valence-corrected chi connectivity index (χ4v) is 2.55. The summed E-state index contributed by atoms with van der Waals surface area (Å²) in [5, 5.41) is 19.9. The van der Waals surface area contributed by atoms with E-state index in [1.54, 1.807) is 6.07 Å². The SMILES string of the molecule is NC1CC(c2ccccc2)Oc2cc(O)ccc2C1O. The van der Waals surface area contributed by atoms with Gasteiger partial charge in [-0.3, -0.25) is 0 Å². The molecule has 0 amide bonds. The van der Waals surface area contributed by atoms with Crippen molar-refractivity contribution in [1.29, 1.82) is 0 Å². The maximum absolute atomic E-state index is 10.3. The van der Waals surface area contributed by atoms with Crippen molar-refractivity contribution in [2.45, 2.75) is 24.7 Å². The van der Waals surface area contributed by atoms with Crippen LogP contribution in [0.3, 0.4) is 0 Å². The van der Waals surface area contributed by atoms with Crippen molar-refractivity contribution in [3.8, 4) is 11.5 Å². The molecule has 4 heteroatoms. The third-order valence-electron chi connectivity index (χ3n) is 3.65. The molecule has 4 nitrogen and oxygen atoms in total. The minimum Gasteiger partial charge on any atom is -0.508 e. The molecule has 3 unspecified atom stereocenters. The highest BCUT2D eigenvalue weighted by molar-refractivity contribution is 5.43. The summed E-state index contributed by atoms with van der Waals surface area (Å²) in [7, 11) is 0. The van der Waals surface area contributed by atoms with Crippen LogP contribution in [-0.4, -0.2) is 16.3 Å². The number of phenolic OH excluding ortho intramolecular Hbond substituents is 1. The highest BCUT2D eigenvalue weighted by Crippen LogP contribution is 2.39. The molecule has 2 aromatic rings. The van der Waals surface area contributed by atoms with E-state index in [0.717, 1.165) is 5.56 Å². The van der Waals surface area contributed by atoms with E-state index in [2.05, 4.69) is 0 Å². The van der Waals surface area contributed by atoms with Crippen LogP contribution < -0.4 is 10.5 Å². The number of hydrogen-bond acceptors (Lipinski definition) is 4. The topological polar surface area (TPSA) is 75.7 Å². The van der Waals surface area contributed by atoms with Gasteiger partial charge in [0.2, 0.25) is 0 Å². The quantitative estimate of drug-likeness (QED) is 0.743. The molecule has 20 heavy (non-hydrogen) atoms. The van der Waals surface area contributed by atoms with Gasteiger partial charge in [0, 0.05) is 24.1 Å². The summed E-state index contributed by atoms with van der Waals surface area (Å²) in [6.07, 6.45) is -0.510. The molecule has 1 aliphatic heterocycles. The predicted octanol–water partition coefficient (Wildman–Crippen LogP) is 2.28. The average molecular weight is 271 g/mol. The zero-order valence-corrected chi connectivity index (χ0v) is 10.9. The highest BCUT2D eigenvalue weighted by atomic mass is 16.5. The van der Waals surface area contributed by atoms with E-state index in [0.29, 0.717) is 17.7 Å². The van der Waals surface area contributed by atoms with Crippen molar-refractivity contribution in [1.82, 2.24) is 0 Å². The number of aliphatic hydroxyl groups is 1. The van der Waals surface area contributed by atoms with Crippen molar-refractivity contribution < 1.29 is 14.9 Å². The number of hydrogen-bond donors (Lipinski definition) is 3. The number of rotatable bonds is 1. The molecule has 2 aromatic carbocycles. The Kier molecular flexibility index (Phi) is 3.34. The molecule has 0 aliphatic carbocycles. The Morgan fingerprint density at radius 3 is 2.60 bits per heavy atom. The van der Waals surface area contributed by atoms with Gasteiger partial charge in [-0.2, -0.15) is 0 Å². The number of fused-ring (bicyclic) bond motifs is 1. The van der Waals surface area contributed by atoms with Gasteiger partial charge in [-0.05, 0) is 17.7 Å². The van der Waals surface area contributed by atoms with E-state index >= 15 is 0 Å². The highest BCUT2D eigenvalue weighted by Gasteiger charge is 2.30. The second-order valence-electron chi connectivity index (χ2n) is 5.08. The molecule has 0 aromatic heterocycles. The summed E-state index contributed by atoms with van der Waals surface area (Å²) in [6, 6.07) is 14.1. The lowest BCUT2D eigenvalue weighted by Crippen LogP contribution is -2.29. The summed E-state index contributed by atoms with van der Waals surface area (Å²) in [4.78, 5) is 0. The van der Waals surface area contributed by atoms with Crippen molar-refractivity contribution in [2.24, 2.45) is 5.73 Å². The van der Waals surface area contributed by atoms with E-state index in [4.69, 9.17) is 10.5 Å². The largest absolute Gasteiger partial charge is 0.508 e. The summed E-state index contributed by atoms with van der Waals surface area (Å²) < 4.78 is 5.96. The number of benzene rings is 2. The number of aliphatic hydroxyl groups excluding tert-OH is 1. The molecular weight excluding hydrogens is 254 g/mol. The molecule has 0 saturated carbocycles. The minimum atomic E-state index is -0.792. The number of nitrogens with two attached hydrogens (primary N) is 1. The number of phenols is 1. The smallest absolute Gasteiger partial charge is 0.129 e. The first kappa shape index (κ1) is 13.0. The number of ether oxygens (including phenoxy) is 1. The maximum Gasteiger partial charge on any atom is 0.129 e. The summed E-state index contributed by atoms with van der Waals surface area (Å²) >= 11 is 0. The molecule has 0 spiro atoms. The van der Waals surface area contributed by atoms with Gasteiger partial charge >= 0.3 is 0 Å². The average Bonchev–Trinajstić information content (AvgIpc) is 2.58. The van der Waals surface area contributed by atoms with E-state index in [9.17, 15) is 10.2 Å². The molecule has 3 rings (SSSR count). The standard InChI is InChI=1S/C16H17NO3/c17-13-9-14(10-4-2-1-3-5-10)20-15-8-11(18)6-7-12(15)16(13)19/h1-8,13-14,16,18-19H,9,17H2. The van der Waals surface area contributed by atoms with Gasteiger partial charge in [0.15, 0.2) is 0 Å². The fourth-order valence-electron chi connectivity index (χ4n) is 2.55. The van der Waals surface area contributed by atoms with Crippen LogP contribution in [0, 0.1) is 0 Å². The Hall–Kier alpha value is -2.04. The van der Waals surface area contributed by atoms with Crippen LogP contribution in [0.4, 0.5) is 0 Å². The lowest BCUT2D eigenvalue weighted by molar-refractivity contribution is 0.131. The van der Waals surface area contributed by atoms with Gasteiger partial charge in [0.05, 0.1) is 6.10 Å². The molecule has 0 fully saturated rings. The van der Waals surface area contributed by atoms with E-state index in [1.807, 2.05) is 30.3 Å².